The van der Waals surface area contributed by atoms with Gasteiger partial charge in [-0.25, -0.2) is 9.59 Å². The van der Waals surface area contributed by atoms with Crippen LogP contribution in [0.2, 0.25) is 5.02 Å². The number of alkyl halides is 6. The van der Waals surface area contributed by atoms with E-state index < -0.39 is 30.4 Å². The van der Waals surface area contributed by atoms with Crippen LogP contribution in [0.4, 0.5) is 32.0 Å². The number of rotatable bonds is 5. The SMILES string of the molecule is Nc1ccc(O)cc1OC[C@@H](O)CN1CCC2(CC1)Cc1cc(Cl)ccc1O2.O=C(O)C(F)(F)F.O=C(O)C(F)(F)F. The van der Waals surface area contributed by atoms with Crippen LogP contribution in [0.3, 0.4) is 0 Å². The Morgan fingerprint density at radius 2 is 1.57 bits per heavy atom. The minimum absolute atomic E-state index is 0.0823. The lowest BCUT2D eigenvalue weighted by atomic mass is 9.87. The maximum Gasteiger partial charge on any atom is 0.490 e. The van der Waals surface area contributed by atoms with Gasteiger partial charge in [-0.1, -0.05) is 11.6 Å². The van der Waals surface area contributed by atoms with E-state index >= 15 is 0 Å². The zero-order chi connectivity index (χ0) is 31.9. The number of benzene rings is 2. The topological polar surface area (TPSA) is 163 Å². The van der Waals surface area contributed by atoms with E-state index in [1.54, 1.807) is 6.07 Å². The lowest BCUT2D eigenvalue weighted by Gasteiger charge is -2.39. The molecular weight excluding hydrogens is 606 g/mol. The van der Waals surface area contributed by atoms with Gasteiger partial charge in [0.15, 0.2) is 0 Å². The number of hydrogen-bond acceptors (Lipinski definition) is 8. The van der Waals surface area contributed by atoms with Crippen molar-refractivity contribution in [2.24, 2.45) is 0 Å². The van der Waals surface area contributed by atoms with Crippen LogP contribution in [0.15, 0.2) is 36.4 Å². The monoisotopic (exact) mass is 632 g/mol. The maximum atomic E-state index is 10.6. The molecular formula is C25H27ClF6N2O8. The molecule has 2 aliphatic rings. The third-order valence-corrected chi connectivity index (χ3v) is 6.25. The molecule has 2 aromatic carbocycles. The van der Waals surface area contributed by atoms with Gasteiger partial charge >= 0.3 is 24.3 Å². The van der Waals surface area contributed by atoms with Crippen molar-refractivity contribution in [2.75, 3.05) is 32.0 Å². The number of nitrogen functional groups attached to an aromatic ring is 1. The molecule has 1 atom stereocenters. The average Bonchev–Trinajstić information content (AvgIpc) is 3.22. The number of likely N-dealkylation sites (tertiary alicyclic amines) is 1. The highest BCUT2D eigenvalue weighted by atomic mass is 35.5. The molecule has 10 nitrogen and oxygen atoms in total. The van der Waals surface area contributed by atoms with Gasteiger partial charge in [-0.15, -0.1) is 0 Å². The summed E-state index contributed by atoms with van der Waals surface area (Å²) >= 11 is 6.10. The summed E-state index contributed by atoms with van der Waals surface area (Å²) < 4.78 is 75.3. The van der Waals surface area contributed by atoms with Gasteiger partial charge in [0.1, 0.15) is 35.6 Å². The number of aliphatic carboxylic acids is 2. The normalized spacial score (nSPS) is 16.6. The summed E-state index contributed by atoms with van der Waals surface area (Å²) in [6.07, 6.45) is -8.10. The fourth-order valence-electron chi connectivity index (χ4n) is 4.01. The molecule has 17 heteroatoms. The number of carboxylic acid groups (broad SMARTS) is 2. The fraction of sp³-hybridized carbons (Fsp3) is 0.440. The van der Waals surface area contributed by atoms with Crippen LogP contribution in [0.5, 0.6) is 17.2 Å². The molecule has 0 bridgehead atoms. The number of piperidine rings is 1. The second kappa shape index (κ2) is 14.0. The van der Waals surface area contributed by atoms with E-state index in [9.17, 15) is 36.6 Å². The molecule has 1 fully saturated rings. The third kappa shape index (κ3) is 10.6. The molecule has 0 radical (unpaired) electrons. The van der Waals surface area contributed by atoms with E-state index in [1.807, 2.05) is 18.2 Å². The summed E-state index contributed by atoms with van der Waals surface area (Å²) in [7, 11) is 0. The molecule has 2 heterocycles. The average molecular weight is 633 g/mol. The number of carboxylic acids is 2. The van der Waals surface area contributed by atoms with Crippen LogP contribution >= 0.6 is 11.6 Å². The number of hydrogen-bond donors (Lipinski definition) is 5. The molecule has 6 N–H and O–H groups in total. The second-order valence-corrected chi connectivity index (χ2v) is 9.74. The van der Waals surface area contributed by atoms with Crippen LogP contribution in [0, 0.1) is 0 Å². The van der Waals surface area contributed by atoms with Crippen molar-refractivity contribution in [1.29, 1.82) is 0 Å². The molecule has 234 valence electrons. The van der Waals surface area contributed by atoms with Crippen molar-refractivity contribution in [3.63, 3.8) is 0 Å². The van der Waals surface area contributed by atoms with Crippen molar-refractivity contribution < 1.29 is 65.8 Å². The van der Waals surface area contributed by atoms with Crippen molar-refractivity contribution in [3.8, 4) is 17.2 Å². The number of anilines is 1. The zero-order valence-electron chi connectivity index (χ0n) is 21.6. The number of phenols is 1. The Balaban J connectivity index is 0.000000367. The number of ether oxygens (including phenoxy) is 2. The molecule has 1 spiro atoms. The van der Waals surface area contributed by atoms with E-state index in [4.69, 9.17) is 46.6 Å². The highest BCUT2D eigenvalue weighted by Crippen LogP contribution is 2.42. The molecule has 0 saturated carbocycles. The summed E-state index contributed by atoms with van der Waals surface area (Å²) in [5, 5.41) is 34.8. The molecule has 0 unspecified atom stereocenters. The standard InChI is InChI=1S/C21H25ClN2O4.2C2HF3O2/c22-15-1-4-19-14(9-15)11-21(28-19)5-7-24(8-6-21)12-17(26)13-27-20-10-16(25)2-3-18(20)23;2*3-2(4,5)1(6)7/h1-4,9-10,17,25-26H,5-8,11-13,23H2;2*(H,6,7)/t17-;;/m0../s1. The van der Waals surface area contributed by atoms with Gasteiger partial charge in [-0.2, -0.15) is 26.3 Å². The predicted octanol–water partition coefficient (Wildman–Crippen LogP) is 4.10. The van der Waals surface area contributed by atoms with E-state index in [0.717, 1.165) is 43.1 Å². The Labute approximate surface area is 239 Å². The van der Waals surface area contributed by atoms with Crippen LogP contribution < -0.4 is 15.2 Å². The molecule has 0 aromatic heterocycles. The van der Waals surface area contributed by atoms with Gasteiger partial charge in [0.05, 0.1) is 5.69 Å². The zero-order valence-corrected chi connectivity index (χ0v) is 22.3. The largest absolute Gasteiger partial charge is 0.508 e. The van der Waals surface area contributed by atoms with Crippen molar-refractivity contribution >= 4 is 29.2 Å². The number of carbonyl (C=O) groups is 2. The van der Waals surface area contributed by atoms with Gasteiger partial charge in [-0.3, -0.25) is 0 Å². The molecule has 0 amide bonds. The van der Waals surface area contributed by atoms with Crippen LogP contribution in [-0.4, -0.2) is 87.6 Å². The van der Waals surface area contributed by atoms with Crippen molar-refractivity contribution in [3.05, 3.63) is 47.0 Å². The first-order valence-electron chi connectivity index (χ1n) is 12.0. The molecule has 1 saturated heterocycles. The van der Waals surface area contributed by atoms with Crippen LogP contribution in [-0.2, 0) is 16.0 Å². The van der Waals surface area contributed by atoms with Crippen molar-refractivity contribution in [1.82, 2.24) is 4.90 Å². The van der Waals surface area contributed by atoms with Crippen molar-refractivity contribution in [2.45, 2.75) is 43.3 Å². The number of aliphatic hydroxyl groups is 1. The summed E-state index contributed by atoms with van der Waals surface area (Å²) in [5.41, 5.74) is 7.28. The lowest BCUT2D eigenvalue weighted by molar-refractivity contribution is -0.193. The highest BCUT2D eigenvalue weighted by molar-refractivity contribution is 6.30. The number of halogens is 7. The first kappa shape index (κ1) is 34.6. The second-order valence-electron chi connectivity index (χ2n) is 9.31. The summed E-state index contributed by atoms with van der Waals surface area (Å²) in [6.45, 7) is 2.35. The first-order chi connectivity index (χ1) is 19.3. The van der Waals surface area contributed by atoms with Gasteiger partial charge < -0.3 is 40.5 Å². The van der Waals surface area contributed by atoms with Gasteiger partial charge in [0.25, 0.3) is 0 Å². The maximum absolute atomic E-state index is 10.6. The van der Waals surface area contributed by atoms with Crippen LogP contribution in [0.1, 0.15) is 18.4 Å². The Morgan fingerprint density at radius 3 is 2.10 bits per heavy atom. The first-order valence-corrected chi connectivity index (χ1v) is 12.4. The summed E-state index contributed by atoms with van der Waals surface area (Å²) in [4.78, 5) is 20.0. The Bertz CT molecular complexity index is 1210. The fourth-order valence-corrected chi connectivity index (χ4v) is 4.20. The Morgan fingerprint density at radius 1 is 1.02 bits per heavy atom. The van der Waals surface area contributed by atoms with Gasteiger partial charge in [-0.05, 0) is 35.9 Å². The number of β-amino-alcohol motifs (C(OH)–C–C–N with tert-alkyl or cyclic N) is 1. The van der Waals surface area contributed by atoms with E-state index in [-0.39, 0.29) is 18.0 Å². The molecule has 0 aliphatic carbocycles. The number of aliphatic hydroxyl groups excluding tert-OH is 1. The van der Waals surface area contributed by atoms with E-state index in [2.05, 4.69) is 4.90 Å². The molecule has 42 heavy (non-hydrogen) atoms. The number of nitrogens with zero attached hydrogens (tertiary/aromatic N) is 1. The number of fused-ring (bicyclic) bond motifs is 1. The molecule has 2 aromatic rings. The van der Waals surface area contributed by atoms with E-state index in [1.165, 1.54) is 17.7 Å². The predicted molar refractivity (Wildman–Crippen MR) is 136 cm³/mol. The minimum atomic E-state index is -5.08. The number of aromatic hydroxyl groups is 1. The van der Waals surface area contributed by atoms with Gasteiger partial charge in [0.2, 0.25) is 0 Å². The Kier molecular flexibility index (Phi) is 11.5. The minimum Gasteiger partial charge on any atom is -0.508 e. The summed E-state index contributed by atoms with van der Waals surface area (Å²) in [5.74, 6) is -4.11. The smallest absolute Gasteiger partial charge is 0.490 e. The number of phenolic OH excluding ortho intramolecular Hbond substituents is 1. The molecule has 2 aliphatic heterocycles. The third-order valence-electron chi connectivity index (χ3n) is 6.01. The highest BCUT2D eigenvalue weighted by Gasteiger charge is 2.42. The molecule has 4 rings (SSSR count). The lowest BCUT2D eigenvalue weighted by Crippen LogP contribution is -2.49. The Hall–Kier alpha value is -3.63. The van der Waals surface area contributed by atoms with Gasteiger partial charge in [0, 0.05) is 50.0 Å². The number of nitrogens with two attached hydrogens (primary N) is 1. The summed E-state index contributed by atoms with van der Waals surface area (Å²) in [6, 6.07) is 10.3. The quantitative estimate of drug-likeness (QED) is 0.184. The van der Waals surface area contributed by atoms with Crippen LogP contribution in [0.25, 0.3) is 0 Å². The van der Waals surface area contributed by atoms with E-state index in [0.29, 0.717) is 18.0 Å².